The second-order valence-corrected chi connectivity index (χ2v) is 3.80. The number of anilines is 2. The summed E-state index contributed by atoms with van der Waals surface area (Å²) in [6.07, 6.45) is 0. The number of nitrogens with two attached hydrogens (primary N) is 2. The highest BCUT2D eigenvalue weighted by Crippen LogP contribution is 2.10. The van der Waals surface area contributed by atoms with Crippen molar-refractivity contribution in [1.82, 2.24) is 0 Å². The molecule has 78 valence electrons. The number of benzene rings is 2. The van der Waals surface area contributed by atoms with Crippen LogP contribution >= 0.6 is 15.9 Å². The van der Waals surface area contributed by atoms with Gasteiger partial charge in [-0.05, 0) is 36.4 Å². The topological polar surface area (TPSA) is 52.0 Å². The predicted octanol–water partition coefficient (Wildman–Crippen LogP) is 3.30. The highest BCUT2D eigenvalue weighted by atomic mass is 79.9. The van der Waals surface area contributed by atoms with Crippen LogP contribution in [0.15, 0.2) is 59.0 Å². The van der Waals surface area contributed by atoms with E-state index < -0.39 is 0 Å². The molecule has 2 nitrogen and oxygen atoms in total. The third-order valence-electron chi connectivity index (χ3n) is 1.61. The maximum absolute atomic E-state index is 7.04. The predicted molar refractivity (Wildman–Crippen MR) is 69.4 cm³/mol. The second kappa shape index (κ2) is 6.09. The summed E-state index contributed by atoms with van der Waals surface area (Å²) in [5.41, 5.74) is 12.3. The average molecular weight is 266 g/mol. The lowest BCUT2D eigenvalue weighted by molar-refractivity contribution is 1.64. The van der Waals surface area contributed by atoms with Crippen LogP contribution in [0.3, 0.4) is 0 Å². The number of rotatable bonds is 0. The van der Waals surface area contributed by atoms with Crippen LogP contribution in [0.5, 0.6) is 0 Å². The van der Waals surface area contributed by atoms with Gasteiger partial charge in [0, 0.05) is 15.8 Å². The van der Waals surface area contributed by atoms with Gasteiger partial charge in [-0.15, -0.1) is 0 Å². The molecule has 3 heteroatoms. The fourth-order valence-electron chi connectivity index (χ4n) is 0.863. The lowest BCUT2D eigenvalue weighted by Crippen LogP contribution is -1.80. The molecule has 0 aliphatic rings. The molecule has 0 unspecified atom stereocenters. The zero-order chi connectivity index (χ0) is 12.0. The van der Waals surface area contributed by atoms with Crippen molar-refractivity contribution in [2.24, 2.45) is 0 Å². The van der Waals surface area contributed by atoms with Gasteiger partial charge in [-0.1, -0.05) is 34.1 Å². The number of nitrogen functional groups attached to an aromatic ring is 2. The van der Waals surface area contributed by atoms with Crippen molar-refractivity contribution in [3.8, 4) is 0 Å². The summed E-state index contributed by atoms with van der Waals surface area (Å²) in [5.74, 6) is 0. The highest BCUT2D eigenvalue weighted by molar-refractivity contribution is 9.10. The van der Waals surface area contributed by atoms with Gasteiger partial charge in [0.15, 0.2) is 0 Å². The average Bonchev–Trinajstić information content (AvgIpc) is 2.28. The Morgan fingerprint density at radius 1 is 0.867 bits per heavy atom. The first kappa shape index (κ1) is 10.1. The van der Waals surface area contributed by atoms with Crippen LogP contribution in [0, 0.1) is 0 Å². The number of halogens is 1. The molecule has 0 heterocycles. The summed E-state index contributed by atoms with van der Waals surface area (Å²) < 4.78 is 8.10. The molecule has 0 fully saturated rings. The fourth-order valence-corrected chi connectivity index (χ4v) is 1.13. The number of hydrogen-bond acceptors (Lipinski definition) is 2. The Morgan fingerprint density at radius 2 is 1.33 bits per heavy atom. The molecule has 2 aromatic rings. The van der Waals surface area contributed by atoms with E-state index in [9.17, 15) is 0 Å². The molecular formula is C12H13BrN2. The largest absolute Gasteiger partial charge is 0.399 e. The van der Waals surface area contributed by atoms with E-state index >= 15 is 0 Å². The zero-order valence-corrected chi connectivity index (χ0v) is 9.74. The molecule has 0 radical (unpaired) electrons. The zero-order valence-electron chi connectivity index (χ0n) is 9.15. The Labute approximate surface area is 99.4 Å². The summed E-state index contributed by atoms with van der Waals surface area (Å²) in [5, 5.41) is 0. The van der Waals surface area contributed by atoms with Crippen LogP contribution < -0.4 is 11.5 Å². The summed E-state index contributed by atoms with van der Waals surface area (Å²) in [6.45, 7) is 0. The molecule has 0 saturated heterocycles. The second-order valence-electron chi connectivity index (χ2n) is 2.88. The molecule has 0 aliphatic heterocycles. The minimum absolute atomic E-state index is 0.499. The first-order valence-electron chi connectivity index (χ1n) is 4.91. The van der Waals surface area contributed by atoms with E-state index in [1.807, 2.05) is 24.3 Å². The molecular weight excluding hydrogens is 252 g/mol. The van der Waals surface area contributed by atoms with Gasteiger partial charge in [0.2, 0.25) is 0 Å². The number of hydrogen-bond donors (Lipinski definition) is 2. The van der Waals surface area contributed by atoms with Gasteiger partial charge in [0.25, 0.3) is 0 Å². The lowest BCUT2D eigenvalue weighted by atomic mass is 10.3. The van der Waals surface area contributed by atoms with Crippen molar-refractivity contribution in [3.63, 3.8) is 0 Å². The van der Waals surface area contributed by atoms with Crippen molar-refractivity contribution < 1.29 is 1.37 Å². The van der Waals surface area contributed by atoms with Gasteiger partial charge in [-0.2, -0.15) is 0 Å². The third kappa shape index (κ3) is 5.08. The smallest absolute Gasteiger partial charge is 0.0623 e. The summed E-state index contributed by atoms with van der Waals surface area (Å²) >= 11 is 3.29. The Kier molecular flexibility index (Phi) is 4.08. The first-order valence-corrected chi connectivity index (χ1v) is 5.20. The minimum atomic E-state index is 0.499. The Balaban J connectivity index is 0.000000160. The molecule has 0 atom stereocenters. The lowest BCUT2D eigenvalue weighted by Gasteiger charge is -1.88. The Bertz CT molecular complexity index is 340. The van der Waals surface area contributed by atoms with E-state index in [1.165, 1.54) is 0 Å². The van der Waals surface area contributed by atoms with Crippen LogP contribution in [0.25, 0.3) is 0 Å². The molecule has 0 bridgehead atoms. The van der Waals surface area contributed by atoms with Crippen molar-refractivity contribution in [2.45, 2.75) is 0 Å². The molecule has 0 aromatic heterocycles. The van der Waals surface area contributed by atoms with E-state index in [0.717, 1.165) is 10.2 Å². The summed E-state index contributed by atoms with van der Waals surface area (Å²) in [6, 6.07) is 14.8. The van der Waals surface area contributed by atoms with Gasteiger partial charge in [-0.3, -0.25) is 0 Å². The fraction of sp³-hybridized carbons (Fsp3) is 0. The molecule has 15 heavy (non-hydrogen) atoms. The van der Waals surface area contributed by atoms with Crippen LogP contribution in [-0.2, 0) is 0 Å². The van der Waals surface area contributed by atoms with Crippen LogP contribution in [0.1, 0.15) is 1.37 Å². The van der Waals surface area contributed by atoms with Crippen LogP contribution in [0.2, 0.25) is 0 Å². The van der Waals surface area contributed by atoms with E-state index in [2.05, 4.69) is 15.9 Å². The van der Waals surface area contributed by atoms with Gasteiger partial charge in [-0.25, -0.2) is 0 Å². The van der Waals surface area contributed by atoms with Crippen molar-refractivity contribution >= 4 is 27.3 Å². The number of para-hydroxylation sites is 1. The van der Waals surface area contributed by atoms with Crippen molar-refractivity contribution in [3.05, 3.63) is 59.0 Å². The summed E-state index contributed by atoms with van der Waals surface area (Å²) in [7, 11) is 0. The van der Waals surface area contributed by atoms with Gasteiger partial charge in [0.1, 0.15) is 0 Å². The van der Waals surface area contributed by atoms with E-state index in [-0.39, 0.29) is 0 Å². The molecule has 0 aliphatic carbocycles. The Hall–Kier alpha value is -1.48. The molecule has 0 spiro atoms. The van der Waals surface area contributed by atoms with E-state index in [1.54, 1.807) is 24.3 Å². The molecule has 4 N–H and O–H groups in total. The van der Waals surface area contributed by atoms with E-state index in [0.29, 0.717) is 11.7 Å². The maximum Gasteiger partial charge on any atom is 0.0623 e. The van der Waals surface area contributed by atoms with Crippen LogP contribution in [0.4, 0.5) is 11.4 Å². The van der Waals surface area contributed by atoms with Gasteiger partial charge >= 0.3 is 0 Å². The molecule has 0 amide bonds. The van der Waals surface area contributed by atoms with E-state index in [4.69, 9.17) is 12.8 Å². The molecule has 2 rings (SSSR count). The minimum Gasteiger partial charge on any atom is -0.399 e. The Morgan fingerprint density at radius 3 is 1.73 bits per heavy atom. The van der Waals surface area contributed by atoms with Crippen molar-refractivity contribution in [2.75, 3.05) is 11.5 Å². The SMILES string of the molecule is Nc1ccc(Br)cc1.[2H]c1ccc(N)cc1. The summed E-state index contributed by atoms with van der Waals surface area (Å²) in [4.78, 5) is 0. The van der Waals surface area contributed by atoms with Crippen molar-refractivity contribution in [1.29, 1.82) is 0 Å². The normalized spacial score (nSPS) is 9.80. The third-order valence-corrected chi connectivity index (χ3v) is 2.14. The maximum atomic E-state index is 7.04. The van der Waals surface area contributed by atoms with Gasteiger partial charge < -0.3 is 11.5 Å². The monoisotopic (exact) mass is 265 g/mol. The first-order chi connectivity index (χ1) is 7.58. The highest BCUT2D eigenvalue weighted by Gasteiger charge is 1.81. The quantitative estimate of drug-likeness (QED) is 0.719. The molecule has 0 saturated carbocycles. The van der Waals surface area contributed by atoms with Gasteiger partial charge in [0.05, 0.1) is 1.37 Å². The molecule has 2 aromatic carbocycles. The van der Waals surface area contributed by atoms with Crippen LogP contribution in [-0.4, -0.2) is 0 Å². The standard InChI is InChI=1S/C6H6BrN.C6H7N/c7-5-1-3-6(8)4-2-5;7-6-4-2-1-3-5-6/h1-4H,8H2;1-5H,7H2/i;1D.